The summed E-state index contributed by atoms with van der Waals surface area (Å²) in [5, 5.41) is 10.1. The third-order valence-corrected chi connectivity index (χ3v) is 5.68. The fraction of sp³-hybridized carbons (Fsp3) is 0.556. The van der Waals surface area contributed by atoms with Crippen molar-refractivity contribution < 1.29 is 28.4 Å². The Morgan fingerprint density at radius 3 is 1.03 bits per heavy atom. The quantitative estimate of drug-likeness (QED) is 0.468. The Morgan fingerprint density at radius 2 is 0.694 bits per heavy atom. The molecule has 0 saturated heterocycles. The van der Waals surface area contributed by atoms with E-state index < -0.39 is 0 Å². The number of rotatable bonds is 0. The predicted octanol–water partition coefficient (Wildman–Crippen LogP) is 1.87. The largest absolute Gasteiger partial charge is 0.492 e. The third-order valence-electron chi connectivity index (χ3n) is 5.68. The van der Waals surface area contributed by atoms with Gasteiger partial charge < -0.3 is 44.4 Å². The van der Waals surface area contributed by atoms with Crippen molar-refractivity contribution in [3.8, 4) is 17.2 Å². The lowest BCUT2D eigenvalue weighted by molar-refractivity contribution is 0.114. The Balaban J connectivity index is 1.48. The summed E-state index contributed by atoms with van der Waals surface area (Å²) in [5.74, 6) is 2.18. The van der Waals surface area contributed by atoms with Crippen molar-refractivity contribution in [3.63, 3.8) is 0 Å². The molecule has 2 aromatic rings. The number of benzene rings is 2. The number of nitrogens with one attached hydrogen (secondary N) is 3. The molecule has 6 bridgehead atoms. The van der Waals surface area contributed by atoms with E-state index in [1.165, 1.54) is 0 Å². The van der Waals surface area contributed by atoms with E-state index in [0.717, 1.165) is 53.6 Å². The maximum Gasteiger partial charge on any atom is 0.126 e. The number of ether oxygens (including phenoxy) is 6. The van der Waals surface area contributed by atoms with Crippen molar-refractivity contribution in [1.29, 1.82) is 0 Å². The molecule has 0 aliphatic carbocycles. The molecule has 0 saturated carbocycles. The summed E-state index contributed by atoms with van der Waals surface area (Å²) in [7, 11) is 0. The van der Waals surface area contributed by atoms with E-state index in [1.54, 1.807) is 0 Å². The van der Waals surface area contributed by atoms with E-state index in [0.29, 0.717) is 79.1 Å². The molecule has 198 valence electrons. The first kappa shape index (κ1) is 26.7. The number of hydrogen-bond donors (Lipinski definition) is 3. The van der Waals surface area contributed by atoms with Crippen LogP contribution in [0.5, 0.6) is 17.2 Å². The van der Waals surface area contributed by atoms with Gasteiger partial charge in [-0.15, -0.1) is 0 Å². The molecule has 0 aromatic heterocycles. The van der Waals surface area contributed by atoms with Gasteiger partial charge in [-0.3, -0.25) is 0 Å². The van der Waals surface area contributed by atoms with Gasteiger partial charge in [0.25, 0.3) is 0 Å². The highest BCUT2D eigenvalue weighted by Crippen LogP contribution is 2.28. The highest BCUT2D eigenvalue weighted by atomic mass is 16.5. The van der Waals surface area contributed by atoms with Gasteiger partial charge in [0.05, 0.1) is 39.6 Å². The zero-order valence-electron chi connectivity index (χ0n) is 21.0. The zero-order chi connectivity index (χ0) is 24.7. The van der Waals surface area contributed by atoms with E-state index >= 15 is 0 Å². The van der Waals surface area contributed by atoms with Crippen LogP contribution >= 0.6 is 0 Å². The van der Waals surface area contributed by atoms with Crippen molar-refractivity contribution in [3.05, 3.63) is 53.1 Å². The molecule has 3 aliphatic heterocycles. The van der Waals surface area contributed by atoms with E-state index in [1.807, 2.05) is 18.2 Å². The number of fused-ring (bicyclic) bond motifs is 21. The molecule has 3 N–H and O–H groups in total. The Hall–Kier alpha value is -2.40. The molecule has 9 nitrogen and oxygen atoms in total. The Morgan fingerprint density at radius 1 is 0.389 bits per heavy atom. The lowest BCUT2D eigenvalue weighted by atomic mass is 10.1. The third kappa shape index (κ3) is 9.93. The first-order valence-corrected chi connectivity index (χ1v) is 12.9. The van der Waals surface area contributed by atoms with Crippen molar-refractivity contribution in [1.82, 2.24) is 16.0 Å². The second kappa shape index (κ2) is 15.7. The smallest absolute Gasteiger partial charge is 0.126 e. The molecule has 0 unspecified atom stereocenters. The highest BCUT2D eigenvalue weighted by molar-refractivity contribution is 5.42. The van der Waals surface area contributed by atoms with Gasteiger partial charge in [0.15, 0.2) is 0 Å². The van der Waals surface area contributed by atoms with Gasteiger partial charge in [-0.1, -0.05) is 18.2 Å². The van der Waals surface area contributed by atoms with E-state index in [2.05, 4.69) is 34.1 Å². The summed E-state index contributed by atoms with van der Waals surface area (Å²) in [6.45, 7) is 9.52. The van der Waals surface area contributed by atoms with Crippen LogP contribution in [0.4, 0.5) is 0 Å². The summed E-state index contributed by atoms with van der Waals surface area (Å²) in [5.41, 5.74) is 3.38. The van der Waals surface area contributed by atoms with Crippen LogP contribution in [0, 0.1) is 0 Å². The molecule has 3 aliphatic rings. The lowest BCUT2D eigenvalue weighted by Gasteiger charge is -2.15. The van der Waals surface area contributed by atoms with E-state index in [9.17, 15) is 0 Å². The maximum absolute atomic E-state index is 5.97. The maximum atomic E-state index is 5.97. The molecule has 0 amide bonds. The average molecular weight is 502 g/mol. The number of hydrogen-bond acceptors (Lipinski definition) is 9. The summed E-state index contributed by atoms with van der Waals surface area (Å²) >= 11 is 0. The van der Waals surface area contributed by atoms with Gasteiger partial charge >= 0.3 is 0 Å². The second-order valence-corrected chi connectivity index (χ2v) is 8.75. The highest BCUT2D eigenvalue weighted by Gasteiger charge is 2.07. The SMILES string of the molecule is c1c2cc3cc1COCCNCCOc1cc(cc(c1)OCCNCCOC3)OCCNCCOC2. The Kier molecular flexibility index (Phi) is 11.6. The molecule has 3 heterocycles. The van der Waals surface area contributed by atoms with Gasteiger partial charge in [0.1, 0.15) is 37.1 Å². The normalized spacial score (nSPS) is 19.7. The first-order valence-electron chi connectivity index (χ1n) is 12.9. The molecule has 0 spiro atoms. The Bertz CT molecular complexity index is 701. The standard InChI is InChI=1S/C27H39N3O6/c1-7-31-19-22-13-23-15-24(14-22)21-33-9-3-30-6-12-36-27-17-25(34-10-4-28-1)16-26(18-27)35-11-5-29-2-8-32-20-23/h13-18,28-30H,1-12,19-21H2. The first-order chi connectivity index (χ1) is 17.8. The molecule has 9 heteroatoms. The van der Waals surface area contributed by atoms with Gasteiger partial charge in [-0.05, 0) is 16.7 Å². The van der Waals surface area contributed by atoms with Crippen LogP contribution in [0.15, 0.2) is 36.4 Å². The molecule has 0 fully saturated rings. The van der Waals surface area contributed by atoms with Crippen LogP contribution in [0.1, 0.15) is 16.7 Å². The summed E-state index contributed by atoms with van der Waals surface area (Å²) in [4.78, 5) is 0. The van der Waals surface area contributed by atoms with Crippen molar-refractivity contribution in [2.75, 3.05) is 78.9 Å². The van der Waals surface area contributed by atoms with E-state index in [-0.39, 0.29) is 0 Å². The van der Waals surface area contributed by atoms with Crippen LogP contribution < -0.4 is 30.2 Å². The van der Waals surface area contributed by atoms with Gasteiger partial charge in [0.2, 0.25) is 0 Å². The van der Waals surface area contributed by atoms with Crippen LogP contribution in [-0.4, -0.2) is 78.9 Å². The van der Waals surface area contributed by atoms with Gasteiger partial charge in [-0.2, -0.15) is 0 Å². The molecule has 0 atom stereocenters. The minimum absolute atomic E-state index is 0.539. The molecule has 5 rings (SSSR count). The van der Waals surface area contributed by atoms with Crippen LogP contribution in [0.25, 0.3) is 0 Å². The van der Waals surface area contributed by atoms with E-state index in [4.69, 9.17) is 28.4 Å². The van der Waals surface area contributed by atoms with Crippen LogP contribution in [0.2, 0.25) is 0 Å². The summed E-state index contributed by atoms with van der Waals surface area (Å²) in [6, 6.07) is 12.2. The van der Waals surface area contributed by atoms with Gasteiger partial charge in [0, 0.05) is 57.5 Å². The predicted molar refractivity (Wildman–Crippen MR) is 137 cm³/mol. The van der Waals surface area contributed by atoms with Crippen LogP contribution in [-0.2, 0) is 34.0 Å². The molecular formula is C27H39N3O6. The minimum atomic E-state index is 0.539. The fourth-order valence-corrected chi connectivity index (χ4v) is 3.99. The topological polar surface area (TPSA) is 91.5 Å². The van der Waals surface area contributed by atoms with Gasteiger partial charge in [-0.25, -0.2) is 0 Å². The van der Waals surface area contributed by atoms with Crippen LogP contribution in [0.3, 0.4) is 0 Å². The second-order valence-electron chi connectivity index (χ2n) is 8.75. The zero-order valence-corrected chi connectivity index (χ0v) is 21.0. The Labute approximate surface area is 213 Å². The molecule has 0 radical (unpaired) electrons. The summed E-state index contributed by atoms with van der Waals surface area (Å²) in [6.07, 6.45) is 0. The monoisotopic (exact) mass is 501 g/mol. The van der Waals surface area contributed by atoms with Crippen molar-refractivity contribution >= 4 is 0 Å². The average Bonchev–Trinajstić information content (AvgIpc) is 2.87. The molecular weight excluding hydrogens is 462 g/mol. The molecule has 36 heavy (non-hydrogen) atoms. The molecule has 2 aromatic carbocycles. The lowest BCUT2D eigenvalue weighted by Crippen LogP contribution is -2.26. The minimum Gasteiger partial charge on any atom is -0.492 e. The van der Waals surface area contributed by atoms with Crippen molar-refractivity contribution in [2.45, 2.75) is 19.8 Å². The summed E-state index contributed by atoms with van der Waals surface area (Å²) < 4.78 is 35.7. The fourth-order valence-electron chi connectivity index (χ4n) is 3.99. The van der Waals surface area contributed by atoms with Crippen molar-refractivity contribution in [2.24, 2.45) is 0 Å².